The predicted octanol–water partition coefficient (Wildman–Crippen LogP) is 3.61. The Bertz CT molecular complexity index is 826. The van der Waals surface area contributed by atoms with Gasteiger partial charge in [-0.15, -0.1) is 0 Å². The highest BCUT2D eigenvalue weighted by atomic mass is 19.1. The van der Waals surface area contributed by atoms with Crippen LogP contribution in [0.3, 0.4) is 0 Å². The fourth-order valence-corrected chi connectivity index (χ4v) is 3.46. The monoisotopic (exact) mass is 400 g/mol. The largest absolute Gasteiger partial charge is 0.459 e. The number of ether oxygens (including phenoxy) is 2. The molecule has 0 fully saturated rings. The molecule has 0 unspecified atom stereocenters. The van der Waals surface area contributed by atoms with Gasteiger partial charge in [0.1, 0.15) is 5.82 Å². The van der Waals surface area contributed by atoms with Gasteiger partial charge in [-0.1, -0.05) is 12.1 Å². The number of pyridine rings is 1. The average molecular weight is 400 g/mol. The van der Waals surface area contributed by atoms with E-state index in [-0.39, 0.29) is 30.0 Å². The molecule has 1 aromatic carbocycles. The second kappa shape index (κ2) is 10.1. The van der Waals surface area contributed by atoms with E-state index in [1.807, 2.05) is 6.92 Å². The quantitative estimate of drug-likeness (QED) is 0.708. The van der Waals surface area contributed by atoms with Crippen LogP contribution in [0.4, 0.5) is 10.1 Å². The highest BCUT2D eigenvalue weighted by Crippen LogP contribution is 2.39. The van der Waals surface area contributed by atoms with E-state index < -0.39 is 12.2 Å². The van der Waals surface area contributed by atoms with Crippen LogP contribution < -0.4 is 5.32 Å². The number of halogens is 1. The Labute approximate surface area is 169 Å². The third kappa shape index (κ3) is 5.40. The lowest BCUT2D eigenvalue weighted by atomic mass is 9.80. The summed E-state index contributed by atoms with van der Waals surface area (Å²) in [4.78, 5) is 16.8. The third-order valence-corrected chi connectivity index (χ3v) is 4.81. The van der Waals surface area contributed by atoms with E-state index in [9.17, 15) is 14.3 Å². The number of nitrogens with one attached hydrogen (secondary N) is 1. The molecule has 0 radical (unpaired) electrons. The molecule has 154 valence electrons. The molecule has 0 bridgehead atoms. The molecule has 1 aliphatic heterocycles. The number of aromatic nitrogens is 1. The van der Waals surface area contributed by atoms with Gasteiger partial charge in [0.25, 0.3) is 5.91 Å². The molecular weight excluding hydrogens is 375 g/mol. The van der Waals surface area contributed by atoms with Crippen LogP contribution in [0.15, 0.2) is 60.6 Å². The molecule has 0 aliphatic carbocycles. The number of amides is 1. The highest BCUT2D eigenvalue weighted by molar-refractivity contribution is 6.02. The Balaban J connectivity index is 1.92. The Morgan fingerprint density at radius 2 is 2.10 bits per heavy atom. The first-order valence-electron chi connectivity index (χ1n) is 9.70. The summed E-state index contributed by atoms with van der Waals surface area (Å²) >= 11 is 0. The van der Waals surface area contributed by atoms with Gasteiger partial charge in [-0.3, -0.25) is 9.78 Å². The molecule has 29 heavy (non-hydrogen) atoms. The molecule has 0 saturated heterocycles. The van der Waals surface area contributed by atoms with E-state index in [0.29, 0.717) is 25.1 Å². The van der Waals surface area contributed by atoms with Gasteiger partial charge in [0.15, 0.2) is 5.76 Å². The number of hydrogen-bond donors (Lipinski definition) is 2. The van der Waals surface area contributed by atoms with Gasteiger partial charge in [0.05, 0.1) is 11.9 Å². The molecule has 2 aromatic rings. The minimum Gasteiger partial charge on any atom is -0.459 e. The van der Waals surface area contributed by atoms with E-state index in [1.165, 1.54) is 12.1 Å². The van der Waals surface area contributed by atoms with Crippen molar-refractivity contribution in [1.82, 2.24) is 4.98 Å². The molecule has 1 aliphatic rings. The van der Waals surface area contributed by atoms with E-state index in [4.69, 9.17) is 9.47 Å². The summed E-state index contributed by atoms with van der Waals surface area (Å²) in [7, 11) is 0. The zero-order valence-corrected chi connectivity index (χ0v) is 16.3. The summed E-state index contributed by atoms with van der Waals surface area (Å²) in [6, 6.07) is 9.65. The molecule has 1 amide bonds. The lowest BCUT2D eigenvalue weighted by molar-refractivity contribution is -0.165. The van der Waals surface area contributed by atoms with Gasteiger partial charge >= 0.3 is 0 Å². The summed E-state index contributed by atoms with van der Waals surface area (Å²) < 4.78 is 25.1. The molecule has 7 heteroatoms. The molecule has 3 atom stereocenters. The van der Waals surface area contributed by atoms with Gasteiger partial charge < -0.3 is 19.9 Å². The van der Waals surface area contributed by atoms with Crippen molar-refractivity contribution in [1.29, 1.82) is 0 Å². The van der Waals surface area contributed by atoms with E-state index in [1.54, 1.807) is 42.7 Å². The number of nitrogens with zero attached hydrogens (tertiary/aromatic N) is 1. The molecule has 3 rings (SSSR count). The van der Waals surface area contributed by atoms with Crippen molar-refractivity contribution in [3.63, 3.8) is 0 Å². The van der Waals surface area contributed by atoms with Crippen molar-refractivity contribution < 1.29 is 23.8 Å². The van der Waals surface area contributed by atoms with Crippen molar-refractivity contribution in [2.45, 2.75) is 32.0 Å². The van der Waals surface area contributed by atoms with Crippen LogP contribution in [-0.4, -0.2) is 35.5 Å². The summed E-state index contributed by atoms with van der Waals surface area (Å²) in [5.41, 5.74) is 1.41. The SMILES string of the molecule is CCO[C@@H]1OC(C(=O)Nc2cccnc2)=C[C@H](c2ccc(F)cc2)[C@@H]1CCCO. The molecule has 0 saturated carbocycles. The van der Waals surface area contributed by atoms with Crippen LogP contribution in [0, 0.1) is 11.7 Å². The first kappa shape index (κ1) is 21.0. The Kier molecular flexibility index (Phi) is 7.32. The summed E-state index contributed by atoms with van der Waals surface area (Å²) in [5, 5.41) is 12.1. The average Bonchev–Trinajstić information content (AvgIpc) is 2.74. The molecule has 2 N–H and O–H groups in total. The van der Waals surface area contributed by atoms with E-state index in [0.717, 1.165) is 5.56 Å². The second-order valence-corrected chi connectivity index (χ2v) is 6.78. The normalized spacial score (nSPS) is 21.2. The van der Waals surface area contributed by atoms with Crippen molar-refractivity contribution in [2.24, 2.45) is 5.92 Å². The highest BCUT2D eigenvalue weighted by Gasteiger charge is 2.37. The number of anilines is 1. The molecule has 2 heterocycles. The zero-order valence-electron chi connectivity index (χ0n) is 16.3. The number of aliphatic hydroxyl groups excluding tert-OH is 1. The third-order valence-electron chi connectivity index (χ3n) is 4.81. The fourth-order valence-electron chi connectivity index (χ4n) is 3.46. The van der Waals surface area contributed by atoms with Gasteiger partial charge in [-0.2, -0.15) is 0 Å². The minimum atomic E-state index is -0.652. The number of benzene rings is 1. The number of rotatable bonds is 8. The van der Waals surface area contributed by atoms with Crippen LogP contribution in [0.2, 0.25) is 0 Å². The summed E-state index contributed by atoms with van der Waals surface area (Å²) in [5.74, 6) is -0.936. The van der Waals surface area contributed by atoms with Crippen molar-refractivity contribution in [3.05, 3.63) is 72.0 Å². The number of carbonyl (C=O) groups excluding carboxylic acids is 1. The van der Waals surface area contributed by atoms with E-state index >= 15 is 0 Å². The Hall–Kier alpha value is -2.77. The Morgan fingerprint density at radius 1 is 1.31 bits per heavy atom. The fraction of sp³-hybridized carbons (Fsp3) is 0.364. The topological polar surface area (TPSA) is 80.7 Å². The van der Waals surface area contributed by atoms with Crippen LogP contribution >= 0.6 is 0 Å². The maximum Gasteiger partial charge on any atom is 0.290 e. The maximum atomic E-state index is 13.4. The lowest BCUT2D eigenvalue weighted by Gasteiger charge is -2.37. The van der Waals surface area contributed by atoms with Crippen LogP contribution in [-0.2, 0) is 14.3 Å². The second-order valence-electron chi connectivity index (χ2n) is 6.78. The van der Waals surface area contributed by atoms with Gasteiger partial charge in [0.2, 0.25) is 6.29 Å². The standard InChI is InChI=1S/C22H25FN2O4/c1-2-28-22-18(6-4-12-26)19(15-7-9-16(23)10-8-15)13-20(29-22)21(27)25-17-5-3-11-24-14-17/h3,5,7-11,13-14,18-19,22,26H,2,4,6,12H2,1H3,(H,25,27)/t18-,19+,22+/m0/s1. The van der Waals surface area contributed by atoms with Crippen LogP contribution in [0.25, 0.3) is 0 Å². The van der Waals surface area contributed by atoms with Crippen LogP contribution in [0.1, 0.15) is 31.2 Å². The predicted molar refractivity (Wildman–Crippen MR) is 106 cm³/mol. The number of allylic oxidation sites excluding steroid dienone is 1. The number of carbonyl (C=O) groups is 1. The minimum absolute atomic E-state index is 0.0452. The van der Waals surface area contributed by atoms with E-state index in [2.05, 4.69) is 10.3 Å². The lowest BCUT2D eigenvalue weighted by Crippen LogP contribution is -2.37. The first-order chi connectivity index (χ1) is 14.1. The number of hydrogen-bond acceptors (Lipinski definition) is 5. The van der Waals surface area contributed by atoms with Gasteiger partial charge in [-0.25, -0.2) is 4.39 Å². The van der Waals surface area contributed by atoms with Crippen molar-refractivity contribution in [2.75, 3.05) is 18.5 Å². The maximum absolute atomic E-state index is 13.4. The number of aliphatic hydroxyl groups is 1. The van der Waals surface area contributed by atoms with Crippen molar-refractivity contribution >= 4 is 11.6 Å². The molecule has 1 aromatic heterocycles. The van der Waals surface area contributed by atoms with Gasteiger partial charge in [0, 0.05) is 31.2 Å². The summed E-state index contributed by atoms with van der Waals surface area (Å²) in [6.45, 7) is 2.31. The molecular formula is C22H25FN2O4. The zero-order chi connectivity index (χ0) is 20.6. The Morgan fingerprint density at radius 3 is 2.76 bits per heavy atom. The summed E-state index contributed by atoms with van der Waals surface area (Å²) in [6.07, 6.45) is 5.46. The molecule has 0 spiro atoms. The first-order valence-corrected chi connectivity index (χ1v) is 9.70. The van der Waals surface area contributed by atoms with Crippen molar-refractivity contribution in [3.8, 4) is 0 Å². The van der Waals surface area contributed by atoms with Gasteiger partial charge in [-0.05, 0) is 55.7 Å². The van der Waals surface area contributed by atoms with Crippen LogP contribution in [0.5, 0.6) is 0 Å². The molecule has 6 nitrogen and oxygen atoms in total. The smallest absolute Gasteiger partial charge is 0.290 e.